The number of esters is 1. The average molecular weight is 258 g/mol. The van der Waals surface area contributed by atoms with Crippen LogP contribution in [0.3, 0.4) is 0 Å². The Morgan fingerprint density at radius 3 is 1.75 bits per heavy atom. The Labute approximate surface area is 99.9 Å². The molecule has 1 unspecified atom stereocenters. The molecule has 0 bridgehead atoms. The molecule has 0 aliphatic carbocycles. The van der Waals surface area contributed by atoms with Crippen LogP contribution >= 0.6 is 0 Å². The Morgan fingerprint density at radius 1 is 1.12 bits per heavy atom. The van der Waals surface area contributed by atoms with E-state index in [2.05, 4.69) is 39.3 Å². The van der Waals surface area contributed by atoms with Crippen molar-refractivity contribution >= 4 is 28.1 Å². The molecule has 0 amide bonds. The predicted octanol–water partition coefficient (Wildman–Crippen LogP) is 2.50. The molecule has 0 N–H and O–H groups in total. The van der Waals surface area contributed by atoms with E-state index in [4.69, 9.17) is 4.74 Å². The lowest BCUT2D eigenvalue weighted by Crippen LogP contribution is -2.42. The van der Waals surface area contributed by atoms with Crippen LogP contribution in [0, 0.1) is 0 Å². The van der Waals surface area contributed by atoms with Gasteiger partial charge in [0.05, 0.1) is 28.8 Å². The molecule has 0 aromatic rings. The third-order valence-corrected chi connectivity index (χ3v) is 7.06. The average Bonchev–Trinajstić information content (AvgIpc) is 2.08. The first-order chi connectivity index (χ1) is 7.05. The molecule has 0 aliphatic rings. The van der Waals surface area contributed by atoms with E-state index in [-0.39, 0.29) is 11.5 Å². The van der Waals surface area contributed by atoms with Crippen molar-refractivity contribution in [1.82, 2.24) is 0 Å². The highest BCUT2D eigenvalue weighted by atomic mass is 28.3. The maximum Gasteiger partial charge on any atom is 0.310 e. The van der Waals surface area contributed by atoms with Gasteiger partial charge in [-0.15, -0.1) is 0 Å². The fraction of sp³-hybridized carbons (Fsp3) is 0.727. The zero-order chi connectivity index (χ0) is 13.1. The largest absolute Gasteiger partial charge is 0.469 e. The first-order valence-corrected chi connectivity index (χ1v) is 12.5. The second-order valence-electron chi connectivity index (χ2n) is 6.09. The topological polar surface area (TPSA) is 43.4 Å². The summed E-state index contributed by atoms with van der Waals surface area (Å²) in [5, 5.41) is 0.665. The van der Waals surface area contributed by atoms with Crippen molar-refractivity contribution in [2.24, 2.45) is 0 Å². The van der Waals surface area contributed by atoms with Crippen molar-refractivity contribution in [3.63, 3.8) is 0 Å². The van der Waals surface area contributed by atoms with Crippen molar-refractivity contribution in [2.75, 3.05) is 7.11 Å². The van der Waals surface area contributed by atoms with E-state index < -0.39 is 16.1 Å². The first kappa shape index (κ1) is 15.4. The molecular formula is C11H22O3Si2. The molecule has 0 saturated carbocycles. The highest BCUT2D eigenvalue weighted by Crippen LogP contribution is 2.34. The molecule has 5 heteroatoms. The van der Waals surface area contributed by atoms with Crippen molar-refractivity contribution in [2.45, 2.75) is 44.8 Å². The van der Waals surface area contributed by atoms with Gasteiger partial charge in [0.2, 0.25) is 0 Å². The summed E-state index contributed by atoms with van der Waals surface area (Å²) in [6, 6.07) is 0. The van der Waals surface area contributed by atoms with Crippen molar-refractivity contribution in [1.29, 1.82) is 0 Å². The van der Waals surface area contributed by atoms with Crippen molar-refractivity contribution in [3.8, 4) is 0 Å². The van der Waals surface area contributed by atoms with Crippen LogP contribution in [0.15, 0.2) is 5.20 Å². The van der Waals surface area contributed by atoms with E-state index >= 15 is 0 Å². The zero-order valence-electron chi connectivity index (χ0n) is 11.3. The molecule has 16 heavy (non-hydrogen) atoms. The number of hydrogen-bond donors (Lipinski definition) is 0. The van der Waals surface area contributed by atoms with Gasteiger partial charge in [0.25, 0.3) is 0 Å². The summed E-state index contributed by atoms with van der Waals surface area (Å²) >= 11 is 0. The van der Waals surface area contributed by atoms with Crippen molar-refractivity contribution in [3.05, 3.63) is 5.20 Å². The van der Waals surface area contributed by atoms with Crippen LogP contribution < -0.4 is 0 Å². The SMILES string of the molecule is COC(=O)C(C(=C=O)[Si](C)(C)C)[Si](C)(C)C. The molecule has 1 atom stereocenters. The van der Waals surface area contributed by atoms with Gasteiger partial charge in [0.1, 0.15) is 5.94 Å². The molecule has 0 spiro atoms. The van der Waals surface area contributed by atoms with Crippen molar-refractivity contribution < 1.29 is 14.3 Å². The summed E-state index contributed by atoms with van der Waals surface area (Å²) in [5.74, 6) is 1.75. The number of hydrogen-bond acceptors (Lipinski definition) is 3. The highest BCUT2D eigenvalue weighted by molar-refractivity contribution is 6.90. The predicted molar refractivity (Wildman–Crippen MR) is 71.7 cm³/mol. The molecule has 0 saturated heterocycles. The molecule has 0 rings (SSSR count). The summed E-state index contributed by atoms with van der Waals surface area (Å²) in [5.41, 5.74) is -0.346. The lowest BCUT2D eigenvalue weighted by molar-refractivity contribution is -0.139. The molecular weight excluding hydrogens is 236 g/mol. The maximum atomic E-state index is 11.8. The van der Waals surface area contributed by atoms with Crippen LogP contribution in [-0.2, 0) is 14.3 Å². The van der Waals surface area contributed by atoms with Gasteiger partial charge in [-0.2, -0.15) is 0 Å². The number of ether oxygens (including phenoxy) is 1. The molecule has 0 aliphatic heterocycles. The molecule has 92 valence electrons. The minimum Gasteiger partial charge on any atom is -0.469 e. The van der Waals surface area contributed by atoms with Gasteiger partial charge in [-0.25, -0.2) is 4.79 Å². The van der Waals surface area contributed by atoms with Gasteiger partial charge in [-0.1, -0.05) is 39.3 Å². The summed E-state index contributed by atoms with van der Waals surface area (Å²) in [4.78, 5) is 23.0. The summed E-state index contributed by atoms with van der Waals surface area (Å²) in [6.45, 7) is 12.4. The number of carbonyl (C=O) groups is 1. The van der Waals surface area contributed by atoms with E-state index in [0.29, 0.717) is 5.20 Å². The molecule has 0 radical (unpaired) electrons. The standard InChI is InChI=1S/C11H22O3Si2/c1-14-11(13)10(16(5,6)7)9(8-12)15(2,3)4/h10H,1-7H3. The van der Waals surface area contributed by atoms with Gasteiger partial charge >= 0.3 is 5.97 Å². The molecule has 3 nitrogen and oxygen atoms in total. The monoisotopic (exact) mass is 258 g/mol. The van der Waals surface area contributed by atoms with Crippen LogP contribution in [0.5, 0.6) is 0 Å². The maximum absolute atomic E-state index is 11.8. The first-order valence-electron chi connectivity index (χ1n) is 5.39. The highest BCUT2D eigenvalue weighted by Gasteiger charge is 2.42. The van der Waals surface area contributed by atoms with Gasteiger partial charge in [-0.05, 0) is 0 Å². The Morgan fingerprint density at radius 2 is 1.56 bits per heavy atom. The number of methoxy groups -OCH3 is 1. The Balaban J connectivity index is 5.54. The van der Waals surface area contributed by atoms with E-state index in [1.807, 2.05) is 5.94 Å². The van der Waals surface area contributed by atoms with Gasteiger partial charge < -0.3 is 4.74 Å². The lowest BCUT2D eigenvalue weighted by atomic mass is 10.4. The van der Waals surface area contributed by atoms with Crippen LogP contribution in [0.2, 0.25) is 44.8 Å². The normalized spacial score (nSPS) is 13.9. The fourth-order valence-corrected chi connectivity index (χ4v) is 7.31. The fourth-order valence-electron chi connectivity index (χ4n) is 1.67. The minimum atomic E-state index is -1.81. The Bertz CT molecular complexity index is 317. The lowest BCUT2D eigenvalue weighted by Gasteiger charge is -2.32. The van der Waals surface area contributed by atoms with Gasteiger partial charge in [0, 0.05) is 5.20 Å². The minimum absolute atomic E-state index is 0.278. The summed E-state index contributed by atoms with van der Waals surface area (Å²) in [7, 11) is -2.24. The molecule has 0 heterocycles. The number of rotatable bonds is 4. The molecule has 0 fully saturated rings. The molecule has 0 aromatic heterocycles. The Hall–Kier alpha value is -0.646. The smallest absolute Gasteiger partial charge is 0.310 e. The van der Waals surface area contributed by atoms with E-state index in [9.17, 15) is 9.59 Å². The summed E-state index contributed by atoms with van der Waals surface area (Å²) < 4.78 is 4.84. The van der Waals surface area contributed by atoms with Gasteiger partial charge in [0.15, 0.2) is 0 Å². The van der Waals surface area contributed by atoms with E-state index in [1.165, 1.54) is 7.11 Å². The Kier molecular flexibility index (Phi) is 4.92. The van der Waals surface area contributed by atoms with E-state index in [1.54, 1.807) is 0 Å². The quantitative estimate of drug-likeness (QED) is 0.442. The van der Waals surface area contributed by atoms with Crippen LogP contribution in [-0.4, -0.2) is 35.2 Å². The van der Waals surface area contributed by atoms with Gasteiger partial charge in [-0.3, -0.25) is 4.79 Å². The zero-order valence-corrected chi connectivity index (χ0v) is 13.3. The van der Waals surface area contributed by atoms with Crippen LogP contribution in [0.4, 0.5) is 0 Å². The number of carbonyl (C=O) groups excluding carboxylic acids is 2. The summed E-state index contributed by atoms with van der Waals surface area (Å²) in [6.07, 6.45) is 0. The second kappa shape index (κ2) is 5.12. The second-order valence-corrected chi connectivity index (χ2v) is 16.4. The third kappa shape index (κ3) is 3.74. The van der Waals surface area contributed by atoms with Crippen LogP contribution in [0.1, 0.15) is 0 Å². The third-order valence-electron chi connectivity index (χ3n) is 2.51. The molecule has 0 aromatic carbocycles. The van der Waals surface area contributed by atoms with E-state index in [0.717, 1.165) is 0 Å². The van der Waals surface area contributed by atoms with Crippen LogP contribution in [0.25, 0.3) is 0 Å².